The molecule has 0 saturated heterocycles. The Morgan fingerprint density at radius 1 is 0.358 bits per heavy atom. The summed E-state index contributed by atoms with van der Waals surface area (Å²) in [4.78, 5) is 10.7. The minimum atomic E-state index is 0.892. The van der Waals surface area contributed by atoms with E-state index < -0.39 is 0 Å². The van der Waals surface area contributed by atoms with Gasteiger partial charge in [0.15, 0.2) is 0 Å². The van der Waals surface area contributed by atoms with E-state index >= 15 is 0 Å². The molecule has 0 saturated carbocycles. The number of pyridine rings is 2. The number of aromatic nitrogens is 2. The summed E-state index contributed by atoms with van der Waals surface area (Å²) in [5.74, 6) is 0. The quantitative estimate of drug-likeness (QED) is 0.136. The second kappa shape index (κ2) is 10.7. The Morgan fingerprint density at radius 3 is 1.89 bits per heavy atom. The molecular formula is C50H28N2O. The highest BCUT2D eigenvalue weighted by atomic mass is 16.3. The van der Waals surface area contributed by atoms with Gasteiger partial charge >= 0.3 is 0 Å². The first-order valence-electron chi connectivity index (χ1n) is 18.1. The molecule has 0 aliphatic carbocycles. The lowest BCUT2D eigenvalue weighted by Gasteiger charge is -2.16. The summed E-state index contributed by atoms with van der Waals surface area (Å²) in [5, 5.41) is 14.9. The molecule has 3 aromatic heterocycles. The molecule has 0 atom stereocenters. The van der Waals surface area contributed by atoms with Crippen LogP contribution in [0.15, 0.2) is 174 Å². The molecule has 0 radical (unpaired) electrons. The van der Waals surface area contributed by atoms with Gasteiger partial charge in [-0.25, -0.2) is 9.97 Å². The number of fused-ring (bicyclic) bond motifs is 16. The van der Waals surface area contributed by atoms with Crippen molar-refractivity contribution in [2.75, 3.05) is 0 Å². The largest absolute Gasteiger partial charge is 0.455 e. The van der Waals surface area contributed by atoms with Gasteiger partial charge in [-0.15, -0.1) is 0 Å². The third-order valence-electron chi connectivity index (χ3n) is 11.1. The van der Waals surface area contributed by atoms with Crippen LogP contribution in [0.5, 0.6) is 0 Å². The van der Waals surface area contributed by atoms with Crippen molar-refractivity contribution in [1.29, 1.82) is 0 Å². The SMILES string of the molecule is c1ccc(-c2nc3cc(-c4cc5cc6ccccc6nc5c5ccccc45)ccc3c3c4oc5ccc6ccccc6c5c4c4ccccc4c23)cc1. The normalized spacial score (nSPS) is 12.2. The van der Waals surface area contributed by atoms with E-state index in [-0.39, 0.29) is 0 Å². The monoisotopic (exact) mass is 672 g/mol. The van der Waals surface area contributed by atoms with Gasteiger partial charge in [-0.1, -0.05) is 140 Å². The highest BCUT2D eigenvalue weighted by Crippen LogP contribution is 2.48. The number of nitrogens with zero attached hydrogens (tertiary/aromatic N) is 2. The first-order valence-corrected chi connectivity index (χ1v) is 18.1. The summed E-state index contributed by atoms with van der Waals surface area (Å²) in [6, 6.07) is 60.6. The van der Waals surface area contributed by atoms with Crippen LogP contribution in [-0.4, -0.2) is 9.97 Å². The lowest BCUT2D eigenvalue weighted by Crippen LogP contribution is -1.93. The van der Waals surface area contributed by atoms with Crippen molar-refractivity contribution >= 4 is 97.7 Å². The first kappa shape index (κ1) is 28.6. The molecule has 12 rings (SSSR count). The van der Waals surface area contributed by atoms with Gasteiger partial charge in [0.2, 0.25) is 0 Å². The van der Waals surface area contributed by atoms with E-state index in [1.54, 1.807) is 0 Å². The van der Waals surface area contributed by atoms with Crippen LogP contribution >= 0.6 is 0 Å². The fourth-order valence-corrected chi connectivity index (χ4v) is 8.81. The van der Waals surface area contributed by atoms with Crippen molar-refractivity contribution in [3.63, 3.8) is 0 Å². The van der Waals surface area contributed by atoms with Gasteiger partial charge in [-0.2, -0.15) is 0 Å². The Bertz CT molecular complexity index is 3510. The van der Waals surface area contributed by atoms with Gasteiger partial charge in [0.25, 0.3) is 0 Å². The molecular weight excluding hydrogens is 645 g/mol. The number of hydrogen-bond acceptors (Lipinski definition) is 3. The van der Waals surface area contributed by atoms with E-state index in [4.69, 9.17) is 14.4 Å². The van der Waals surface area contributed by atoms with Gasteiger partial charge < -0.3 is 4.42 Å². The molecule has 0 amide bonds. The molecule has 3 nitrogen and oxygen atoms in total. The summed E-state index contributed by atoms with van der Waals surface area (Å²) in [5.41, 5.74) is 9.04. The van der Waals surface area contributed by atoms with Crippen LogP contribution in [0.4, 0.5) is 0 Å². The van der Waals surface area contributed by atoms with Crippen LogP contribution < -0.4 is 0 Å². The maximum Gasteiger partial charge on any atom is 0.144 e. The second-order valence-corrected chi connectivity index (χ2v) is 14.0. The van der Waals surface area contributed by atoms with Gasteiger partial charge in [0.05, 0.1) is 22.2 Å². The molecule has 3 heteroatoms. The van der Waals surface area contributed by atoms with E-state index in [1.807, 2.05) is 0 Å². The first-order chi connectivity index (χ1) is 26.3. The zero-order valence-electron chi connectivity index (χ0n) is 28.5. The van der Waals surface area contributed by atoms with Crippen molar-refractivity contribution in [2.24, 2.45) is 0 Å². The molecule has 53 heavy (non-hydrogen) atoms. The molecule has 244 valence electrons. The predicted molar refractivity (Wildman–Crippen MR) is 223 cm³/mol. The van der Waals surface area contributed by atoms with Crippen molar-refractivity contribution < 1.29 is 4.42 Å². The molecule has 0 aliphatic rings. The van der Waals surface area contributed by atoms with Crippen molar-refractivity contribution in [3.05, 3.63) is 170 Å². The Labute approximate surface area is 303 Å². The number of rotatable bonds is 2. The lowest BCUT2D eigenvalue weighted by atomic mass is 9.90. The highest BCUT2D eigenvalue weighted by Gasteiger charge is 2.23. The second-order valence-electron chi connectivity index (χ2n) is 14.0. The van der Waals surface area contributed by atoms with Crippen LogP contribution in [0.3, 0.4) is 0 Å². The third kappa shape index (κ3) is 4.05. The topological polar surface area (TPSA) is 38.9 Å². The number of benzene rings is 9. The van der Waals surface area contributed by atoms with Gasteiger partial charge in [0, 0.05) is 48.7 Å². The van der Waals surface area contributed by atoms with Crippen LogP contribution in [0.25, 0.3) is 120 Å². The summed E-state index contributed by atoms with van der Waals surface area (Å²) in [7, 11) is 0. The minimum absolute atomic E-state index is 0.892. The summed E-state index contributed by atoms with van der Waals surface area (Å²) in [6.07, 6.45) is 0. The van der Waals surface area contributed by atoms with Crippen LogP contribution in [-0.2, 0) is 0 Å². The predicted octanol–water partition coefficient (Wildman–Crippen LogP) is 13.8. The van der Waals surface area contributed by atoms with Crippen molar-refractivity contribution in [3.8, 4) is 22.4 Å². The average Bonchev–Trinajstić information content (AvgIpc) is 3.63. The van der Waals surface area contributed by atoms with Crippen molar-refractivity contribution in [1.82, 2.24) is 9.97 Å². The van der Waals surface area contributed by atoms with Gasteiger partial charge in [0.1, 0.15) is 11.2 Å². The fraction of sp³-hybridized carbons (Fsp3) is 0. The van der Waals surface area contributed by atoms with Gasteiger partial charge in [-0.05, 0) is 68.4 Å². The lowest BCUT2D eigenvalue weighted by molar-refractivity contribution is 0.673. The number of furan rings is 1. The standard InChI is InChI=1S/C50H28N2O/c1-2-13-30(14-3-1)49-45-36-18-8-9-19-37(36)46-44-34-16-6-4-12-29(34)23-25-43(44)53-50(46)47(45)39-24-22-31(28-42(39)52-49)40-27-33-26-32-15-5-11-21-41(32)51-48(33)38-20-10-7-17-35(38)40/h1-28H. The molecule has 0 N–H and O–H groups in total. The smallest absolute Gasteiger partial charge is 0.144 e. The maximum atomic E-state index is 7.00. The molecule has 0 unspecified atom stereocenters. The van der Waals surface area contributed by atoms with Crippen LogP contribution in [0, 0.1) is 0 Å². The van der Waals surface area contributed by atoms with E-state index in [0.717, 1.165) is 93.2 Å². The Balaban J connectivity index is 1.24. The molecule has 0 spiro atoms. The molecule has 9 aromatic carbocycles. The maximum absolute atomic E-state index is 7.00. The summed E-state index contributed by atoms with van der Waals surface area (Å²) in [6.45, 7) is 0. The van der Waals surface area contributed by atoms with Crippen molar-refractivity contribution in [2.45, 2.75) is 0 Å². The van der Waals surface area contributed by atoms with E-state index in [1.165, 1.54) is 26.9 Å². The third-order valence-corrected chi connectivity index (χ3v) is 11.1. The number of hydrogen-bond donors (Lipinski definition) is 0. The van der Waals surface area contributed by atoms with Gasteiger partial charge in [-0.3, -0.25) is 0 Å². The Kier molecular flexibility index (Phi) is 5.77. The molecule has 0 bridgehead atoms. The van der Waals surface area contributed by atoms with E-state index in [0.29, 0.717) is 0 Å². The minimum Gasteiger partial charge on any atom is -0.455 e. The Hall–Kier alpha value is -7.10. The molecule has 3 heterocycles. The Morgan fingerprint density at radius 2 is 1.04 bits per heavy atom. The summed E-state index contributed by atoms with van der Waals surface area (Å²) >= 11 is 0. The summed E-state index contributed by atoms with van der Waals surface area (Å²) < 4.78 is 7.00. The number of para-hydroxylation sites is 1. The average molecular weight is 673 g/mol. The molecule has 12 aromatic rings. The molecule has 0 fully saturated rings. The van der Waals surface area contributed by atoms with E-state index in [2.05, 4.69) is 170 Å². The van der Waals surface area contributed by atoms with Crippen LogP contribution in [0.2, 0.25) is 0 Å². The highest BCUT2D eigenvalue weighted by molar-refractivity contribution is 6.38. The zero-order chi connectivity index (χ0) is 34.6. The van der Waals surface area contributed by atoms with E-state index in [9.17, 15) is 0 Å². The van der Waals surface area contributed by atoms with Crippen LogP contribution in [0.1, 0.15) is 0 Å². The fourth-order valence-electron chi connectivity index (χ4n) is 8.81. The zero-order valence-corrected chi connectivity index (χ0v) is 28.5. The molecule has 0 aliphatic heterocycles.